The molecule has 2 heterocycles. The molecule has 0 radical (unpaired) electrons. The van der Waals surface area contributed by atoms with E-state index in [4.69, 9.17) is 9.97 Å². The first-order valence-corrected chi connectivity index (χ1v) is 11.3. The third kappa shape index (κ3) is 5.55. The molecular weight excluding hydrogens is 364 g/mol. The highest BCUT2D eigenvalue weighted by atomic mass is 16.2. The highest BCUT2D eigenvalue weighted by Crippen LogP contribution is 2.27. The fourth-order valence-electron chi connectivity index (χ4n) is 4.64. The monoisotopic (exact) mass is 400 g/mol. The summed E-state index contributed by atoms with van der Waals surface area (Å²) in [6, 6.07) is 0.323. The molecule has 1 aliphatic heterocycles. The minimum atomic E-state index is 0.0168. The summed E-state index contributed by atoms with van der Waals surface area (Å²) in [6.07, 6.45) is 8.20. The molecule has 1 aliphatic carbocycles. The van der Waals surface area contributed by atoms with E-state index in [9.17, 15) is 9.59 Å². The summed E-state index contributed by atoms with van der Waals surface area (Å²) >= 11 is 0. The van der Waals surface area contributed by atoms with E-state index in [1.165, 1.54) is 19.3 Å². The molecule has 160 valence electrons. The number of aryl methyl sites for hydroxylation is 2. The third-order valence-electron chi connectivity index (χ3n) is 6.34. The van der Waals surface area contributed by atoms with E-state index in [1.54, 1.807) is 0 Å². The number of likely N-dealkylation sites (tertiary alicyclic amines) is 1. The fraction of sp³-hybridized carbons (Fsp3) is 0.739. The van der Waals surface area contributed by atoms with Gasteiger partial charge in [-0.25, -0.2) is 9.97 Å². The van der Waals surface area contributed by atoms with Crippen LogP contribution in [0.15, 0.2) is 0 Å². The van der Waals surface area contributed by atoms with Crippen molar-refractivity contribution in [2.75, 3.05) is 13.1 Å². The maximum atomic E-state index is 12.5. The number of hydrogen-bond donors (Lipinski definition) is 1. The molecule has 1 saturated heterocycles. The van der Waals surface area contributed by atoms with Crippen molar-refractivity contribution in [1.29, 1.82) is 0 Å². The lowest BCUT2D eigenvalue weighted by atomic mass is 9.94. The number of rotatable bonds is 5. The number of piperidine rings is 1. The van der Waals surface area contributed by atoms with Gasteiger partial charge >= 0.3 is 0 Å². The van der Waals surface area contributed by atoms with Crippen LogP contribution >= 0.6 is 0 Å². The molecule has 0 spiro atoms. The molecule has 2 aliphatic rings. The normalized spacial score (nSPS) is 20.7. The van der Waals surface area contributed by atoms with Gasteiger partial charge in [0.1, 0.15) is 5.82 Å². The molecule has 6 nitrogen and oxygen atoms in total. The number of carbonyl (C=O) groups is 2. The lowest BCUT2D eigenvalue weighted by Crippen LogP contribution is -2.41. The van der Waals surface area contributed by atoms with E-state index in [-0.39, 0.29) is 23.7 Å². The Morgan fingerprint density at radius 1 is 1.03 bits per heavy atom. The van der Waals surface area contributed by atoms with Gasteiger partial charge in [0.2, 0.25) is 11.8 Å². The van der Waals surface area contributed by atoms with E-state index in [0.717, 1.165) is 55.0 Å². The Kier molecular flexibility index (Phi) is 7.25. The predicted molar refractivity (Wildman–Crippen MR) is 114 cm³/mol. The van der Waals surface area contributed by atoms with Crippen LogP contribution < -0.4 is 5.32 Å². The van der Waals surface area contributed by atoms with Gasteiger partial charge in [-0.1, -0.05) is 33.1 Å². The molecule has 1 atom stereocenters. The number of aromatic nitrogens is 2. The second kappa shape index (κ2) is 9.68. The summed E-state index contributed by atoms with van der Waals surface area (Å²) in [4.78, 5) is 36.4. The van der Waals surface area contributed by atoms with Crippen LogP contribution in [0.2, 0.25) is 0 Å². The number of hydrogen-bond acceptors (Lipinski definition) is 4. The average molecular weight is 401 g/mol. The van der Waals surface area contributed by atoms with E-state index in [0.29, 0.717) is 19.0 Å². The van der Waals surface area contributed by atoms with E-state index in [1.807, 2.05) is 32.6 Å². The first-order chi connectivity index (χ1) is 13.8. The highest BCUT2D eigenvalue weighted by molar-refractivity contribution is 5.79. The van der Waals surface area contributed by atoms with Gasteiger partial charge in [-0.3, -0.25) is 9.59 Å². The smallest absolute Gasteiger partial charge is 0.225 e. The Balaban J connectivity index is 1.67. The van der Waals surface area contributed by atoms with Crippen molar-refractivity contribution in [1.82, 2.24) is 20.2 Å². The number of amides is 2. The predicted octanol–water partition coefficient (Wildman–Crippen LogP) is 3.45. The fourth-order valence-corrected chi connectivity index (χ4v) is 4.64. The van der Waals surface area contributed by atoms with Gasteiger partial charge in [0.25, 0.3) is 0 Å². The van der Waals surface area contributed by atoms with Gasteiger partial charge in [-0.15, -0.1) is 0 Å². The van der Waals surface area contributed by atoms with Crippen molar-refractivity contribution in [2.24, 2.45) is 5.92 Å². The van der Waals surface area contributed by atoms with Crippen LogP contribution in [0, 0.1) is 19.8 Å². The van der Waals surface area contributed by atoms with Crippen LogP contribution in [0.3, 0.4) is 0 Å². The van der Waals surface area contributed by atoms with Gasteiger partial charge in [0, 0.05) is 47.9 Å². The van der Waals surface area contributed by atoms with Crippen molar-refractivity contribution in [3.63, 3.8) is 0 Å². The maximum absolute atomic E-state index is 12.5. The summed E-state index contributed by atoms with van der Waals surface area (Å²) in [5.74, 6) is 1.29. The molecule has 29 heavy (non-hydrogen) atoms. The van der Waals surface area contributed by atoms with Gasteiger partial charge in [-0.2, -0.15) is 0 Å². The van der Waals surface area contributed by atoms with E-state index < -0.39 is 0 Å². The Morgan fingerprint density at radius 3 is 2.31 bits per heavy atom. The van der Waals surface area contributed by atoms with E-state index >= 15 is 0 Å². The van der Waals surface area contributed by atoms with E-state index in [2.05, 4.69) is 5.32 Å². The molecule has 1 N–H and O–H groups in total. The van der Waals surface area contributed by atoms with Crippen molar-refractivity contribution < 1.29 is 9.59 Å². The summed E-state index contributed by atoms with van der Waals surface area (Å²) < 4.78 is 0. The molecule has 3 rings (SSSR count). The second-order valence-electron chi connectivity index (χ2n) is 9.09. The van der Waals surface area contributed by atoms with Crippen LogP contribution in [0.25, 0.3) is 0 Å². The van der Waals surface area contributed by atoms with Gasteiger partial charge < -0.3 is 10.2 Å². The molecule has 1 aromatic heterocycles. The van der Waals surface area contributed by atoms with Gasteiger partial charge in [-0.05, 0) is 39.5 Å². The van der Waals surface area contributed by atoms with Crippen LogP contribution in [-0.2, 0) is 16.0 Å². The van der Waals surface area contributed by atoms with Crippen LogP contribution in [0.1, 0.15) is 87.5 Å². The summed E-state index contributed by atoms with van der Waals surface area (Å²) in [5, 5.41) is 3.19. The quantitative estimate of drug-likeness (QED) is 0.821. The minimum absolute atomic E-state index is 0.0168. The second-order valence-corrected chi connectivity index (χ2v) is 9.09. The van der Waals surface area contributed by atoms with Crippen LogP contribution in [-0.4, -0.2) is 45.8 Å². The molecule has 6 heteroatoms. The number of nitrogens with zero attached hydrogens (tertiary/aromatic N) is 3. The zero-order chi connectivity index (χ0) is 21.0. The number of carbonyl (C=O) groups excluding carboxylic acids is 2. The van der Waals surface area contributed by atoms with Crippen LogP contribution in [0.4, 0.5) is 0 Å². The summed E-state index contributed by atoms with van der Waals surface area (Å²) in [6.45, 7) is 9.36. The first-order valence-electron chi connectivity index (χ1n) is 11.3. The standard InChI is InChI=1S/C23H36N4O2/c1-15(2)23(29)27-12-8-9-18(14-27)22-24-16(3)20(17(4)25-22)13-21(28)26-19-10-6-5-7-11-19/h15,18-19H,5-14H2,1-4H3,(H,26,28)/t18-/m1/s1. The Bertz CT molecular complexity index is 717. The largest absolute Gasteiger partial charge is 0.353 e. The van der Waals surface area contributed by atoms with Crippen molar-refractivity contribution in [3.8, 4) is 0 Å². The minimum Gasteiger partial charge on any atom is -0.353 e. The molecule has 1 saturated carbocycles. The van der Waals surface area contributed by atoms with Crippen molar-refractivity contribution >= 4 is 11.8 Å². The lowest BCUT2D eigenvalue weighted by Gasteiger charge is -2.33. The molecule has 0 aromatic carbocycles. The Labute approximate surface area is 174 Å². The zero-order valence-corrected chi connectivity index (χ0v) is 18.5. The molecule has 1 aromatic rings. The Hall–Kier alpha value is -1.98. The third-order valence-corrected chi connectivity index (χ3v) is 6.34. The topological polar surface area (TPSA) is 75.2 Å². The molecule has 2 fully saturated rings. The molecule has 2 amide bonds. The summed E-state index contributed by atoms with van der Waals surface area (Å²) in [5.41, 5.74) is 2.71. The van der Waals surface area contributed by atoms with Crippen molar-refractivity contribution in [3.05, 3.63) is 22.8 Å². The summed E-state index contributed by atoms with van der Waals surface area (Å²) in [7, 11) is 0. The highest BCUT2D eigenvalue weighted by Gasteiger charge is 2.28. The molecule has 0 unspecified atom stereocenters. The van der Waals surface area contributed by atoms with Crippen molar-refractivity contribution in [2.45, 2.75) is 91.0 Å². The molecule has 0 bridgehead atoms. The first kappa shape index (κ1) is 21.7. The number of nitrogens with one attached hydrogen (secondary N) is 1. The SMILES string of the molecule is Cc1nc([C@@H]2CCCN(C(=O)C(C)C)C2)nc(C)c1CC(=O)NC1CCCCC1. The van der Waals surface area contributed by atoms with Gasteiger partial charge in [0.15, 0.2) is 0 Å². The average Bonchev–Trinajstić information content (AvgIpc) is 2.70. The zero-order valence-electron chi connectivity index (χ0n) is 18.5. The maximum Gasteiger partial charge on any atom is 0.225 e. The van der Waals surface area contributed by atoms with Crippen LogP contribution in [0.5, 0.6) is 0 Å². The molecular formula is C23H36N4O2. The Morgan fingerprint density at radius 2 is 1.69 bits per heavy atom. The lowest BCUT2D eigenvalue weighted by molar-refractivity contribution is -0.135. The van der Waals surface area contributed by atoms with Gasteiger partial charge in [0.05, 0.1) is 6.42 Å².